The molecule has 2 fully saturated rings. The van der Waals surface area contributed by atoms with Crippen molar-refractivity contribution in [1.29, 1.82) is 0 Å². The van der Waals surface area contributed by atoms with Gasteiger partial charge in [-0.3, -0.25) is 0 Å². The molecule has 3 N–H and O–H groups in total. The van der Waals surface area contributed by atoms with Crippen molar-refractivity contribution in [3.8, 4) is 5.75 Å². The second kappa shape index (κ2) is 4.13. The predicted octanol–water partition coefficient (Wildman–Crippen LogP) is 2.88. The minimum absolute atomic E-state index is 0.629. The van der Waals surface area contributed by atoms with E-state index >= 15 is 0 Å². The maximum atomic E-state index is 6.02. The van der Waals surface area contributed by atoms with Gasteiger partial charge in [0, 0.05) is 12.1 Å². The van der Waals surface area contributed by atoms with Crippen LogP contribution < -0.4 is 15.8 Å². The second-order valence-electron chi connectivity index (χ2n) is 5.30. The molecule has 0 radical (unpaired) electrons. The number of methoxy groups -OCH3 is 1. The summed E-state index contributed by atoms with van der Waals surface area (Å²) in [6, 6.07) is 6.46. The van der Waals surface area contributed by atoms with Crippen LogP contribution in [0, 0.1) is 11.8 Å². The predicted molar refractivity (Wildman–Crippen MR) is 70.3 cm³/mol. The summed E-state index contributed by atoms with van der Waals surface area (Å²) >= 11 is 0. The molecule has 3 rings (SSSR count). The number of nitrogens with two attached hydrogens (primary N) is 1. The molecule has 3 heteroatoms. The van der Waals surface area contributed by atoms with E-state index in [1.54, 1.807) is 7.11 Å². The summed E-state index contributed by atoms with van der Waals surface area (Å²) < 4.78 is 5.25. The highest BCUT2D eigenvalue weighted by atomic mass is 16.5. The largest absolute Gasteiger partial charge is 0.497 e. The minimum Gasteiger partial charge on any atom is -0.497 e. The quantitative estimate of drug-likeness (QED) is 0.767. The van der Waals surface area contributed by atoms with Gasteiger partial charge in [-0.1, -0.05) is 0 Å². The molecule has 0 atom stereocenters. The molecule has 1 aromatic rings. The van der Waals surface area contributed by atoms with Crippen molar-refractivity contribution < 1.29 is 4.74 Å². The fraction of sp³-hybridized carbons (Fsp3) is 0.571. The number of benzene rings is 1. The van der Waals surface area contributed by atoms with Gasteiger partial charge in [-0.15, -0.1) is 0 Å². The second-order valence-corrected chi connectivity index (χ2v) is 5.30. The van der Waals surface area contributed by atoms with Gasteiger partial charge in [-0.05, 0) is 49.7 Å². The van der Waals surface area contributed by atoms with Crippen LogP contribution in [0.5, 0.6) is 5.75 Å². The third-order valence-electron chi connectivity index (χ3n) is 3.84. The van der Waals surface area contributed by atoms with Crippen LogP contribution in [0.4, 0.5) is 11.4 Å². The van der Waals surface area contributed by atoms with Crippen molar-refractivity contribution in [3.05, 3.63) is 18.2 Å². The van der Waals surface area contributed by atoms with Crippen molar-refractivity contribution >= 4 is 11.4 Å². The first-order chi connectivity index (χ1) is 8.28. The molecule has 0 unspecified atom stereocenters. The highest BCUT2D eigenvalue weighted by molar-refractivity contribution is 5.68. The molecule has 17 heavy (non-hydrogen) atoms. The van der Waals surface area contributed by atoms with Gasteiger partial charge in [0.05, 0.1) is 18.5 Å². The number of rotatable bonds is 5. The van der Waals surface area contributed by atoms with Crippen molar-refractivity contribution in [2.75, 3.05) is 18.2 Å². The third kappa shape index (κ3) is 2.33. The van der Waals surface area contributed by atoms with Crippen LogP contribution in [0.1, 0.15) is 25.7 Å². The van der Waals surface area contributed by atoms with Crippen LogP contribution in [0.2, 0.25) is 0 Å². The zero-order chi connectivity index (χ0) is 11.8. The van der Waals surface area contributed by atoms with Gasteiger partial charge < -0.3 is 15.8 Å². The number of nitrogen functional groups attached to an aromatic ring is 1. The van der Waals surface area contributed by atoms with E-state index in [2.05, 4.69) is 5.32 Å². The summed E-state index contributed by atoms with van der Waals surface area (Å²) in [5.41, 5.74) is 7.87. The normalized spacial score (nSPS) is 19.4. The van der Waals surface area contributed by atoms with Crippen molar-refractivity contribution in [2.45, 2.75) is 31.7 Å². The molecule has 0 aromatic heterocycles. The maximum Gasteiger partial charge on any atom is 0.121 e. The molecule has 0 spiro atoms. The summed E-state index contributed by atoms with van der Waals surface area (Å²) in [6.07, 6.45) is 5.49. The Balaban J connectivity index is 1.77. The average Bonchev–Trinajstić information content (AvgIpc) is 3.19. The third-order valence-corrected chi connectivity index (χ3v) is 3.84. The average molecular weight is 232 g/mol. The molecule has 92 valence electrons. The lowest BCUT2D eigenvalue weighted by molar-refractivity contribution is 0.415. The summed E-state index contributed by atoms with van der Waals surface area (Å²) in [7, 11) is 1.69. The van der Waals surface area contributed by atoms with E-state index in [-0.39, 0.29) is 0 Å². The highest BCUT2D eigenvalue weighted by Crippen LogP contribution is 2.46. The lowest BCUT2D eigenvalue weighted by atomic mass is 10.1. The fourth-order valence-electron chi connectivity index (χ4n) is 2.50. The molecule has 2 saturated carbocycles. The first-order valence-electron chi connectivity index (χ1n) is 6.48. The number of ether oxygens (including phenoxy) is 1. The van der Waals surface area contributed by atoms with Gasteiger partial charge in [-0.2, -0.15) is 0 Å². The Morgan fingerprint density at radius 1 is 1.24 bits per heavy atom. The van der Waals surface area contributed by atoms with E-state index in [1.165, 1.54) is 25.7 Å². The first kappa shape index (κ1) is 10.8. The molecular formula is C14H20N2O. The number of hydrogen-bond donors (Lipinski definition) is 2. The van der Waals surface area contributed by atoms with E-state index in [9.17, 15) is 0 Å². The molecular weight excluding hydrogens is 212 g/mol. The van der Waals surface area contributed by atoms with Crippen LogP contribution in [-0.2, 0) is 0 Å². The SMILES string of the molecule is COc1ccc(N)c(NC(C2CC2)C2CC2)c1. The van der Waals surface area contributed by atoms with Gasteiger partial charge in [0.1, 0.15) is 5.75 Å². The van der Waals surface area contributed by atoms with E-state index in [4.69, 9.17) is 10.5 Å². The molecule has 0 aliphatic heterocycles. The lowest BCUT2D eigenvalue weighted by Crippen LogP contribution is -2.24. The Morgan fingerprint density at radius 3 is 2.41 bits per heavy atom. The van der Waals surface area contributed by atoms with E-state index in [1.807, 2.05) is 18.2 Å². The lowest BCUT2D eigenvalue weighted by Gasteiger charge is -2.20. The Kier molecular flexibility index (Phi) is 2.61. The topological polar surface area (TPSA) is 47.3 Å². The van der Waals surface area contributed by atoms with Crippen LogP contribution in [0.25, 0.3) is 0 Å². The van der Waals surface area contributed by atoms with Gasteiger partial charge in [0.15, 0.2) is 0 Å². The monoisotopic (exact) mass is 232 g/mol. The summed E-state index contributed by atoms with van der Waals surface area (Å²) in [4.78, 5) is 0. The molecule has 2 aliphatic carbocycles. The van der Waals surface area contributed by atoms with Crippen molar-refractivity contribution in [1.82, 2.24) is 0 Å². The Bertz CT molecular complexity index is 399. The van der Waals surface area contributed by atoms with E-state index in [0.29, 0.717) is 6.04 Å². The number of anilines is 2. The number of nitrogens with one attached hydrogen (secondary N) is 1. The van der Waals surface area contributed by atoms with E-state index < -0.39 is 0 Å². The van der Waals surface area contributed by atoms with Gasteiger partial charge in [0.25, 0.3) is 0 Å². The van der Waals surface area contributed by atoms with Crippen LogP contribution in [0.3, 0.4) is 0 Å². The molecule has 3 nitrogen and oxygen atoms in total. The zero-order valence-corrected chi connectivity index (χ0v) is 10.3. The molecule has 0 heterocycles. The smallest absolute Gasteiger partial charge is 0.121 e. The van der Waals surface area contributed by atoms with Crippen molar-refractivity contribution in [3.63, 3.8) is 0 Å². The summed E-state index contributed by atoms with van der Waals surface area (Å²) in [5.74, 6) is 2.60. The zero-order valence-electron chi connectivity index (χ0n) is 10.3. The van der Waals surface area contributed by atoms with E-state index in [0.717, 1.165) is 29.0 Å². The first-order valence-corrected chi connectivity index (χ1v) is 6.48. The Morgan fingerprint density at radius 2 is 1.88 bits per heavy atom. The maximum absolute atomic E-state index is 6.02. The molecule has 1 aromatic carbocycles. The summed E-state index contributed by atoms with van der Waals surface area (Å²) in [6.45, 7) is 0. The highest BCUT2D eigenvalue weighted by Gasteiger charge is 2.41. The fourth-order valence-corrected chi connectivity index (χ4v) is 2.50. The van der Waals surface area contributed by atoms with Crippen LogP contribution in [0.15, 0.2) is 18.2 Å². The van der Waals surface area contributed by atoms with Gasteiger partial charge in [-0.25, -0.2) is 0 Å². The molecule has 0 saturated heterocycles. The summed E-state index contributed by atoms with van der Waals surface area (Å²) in [5, 5.41) is 3.64. The molecule has 0 bridgehead atoms. The minimum atomic E-state index is 0.629. The number of hydrogen-bond acceptors (Lipinski definition) is 3. The van der Waals surface area contributed by atoms with Gasteiger partial charge in [0.2, 0.25) is 0 Å². The van der Waals surface area contributed by atoms with Crippen LogP contribution in [-0.4, -0.2) is 13.2 Å². The molecule has 0 amide bonds. The Hall–Kier alpha value is -1.38. The van der Waals surface area contributed by atoms with Crippen LogP contribution >= 0.6 is 0 Å². The standard InChI is InChI=1S/C14H20N2O/c1-17-11-6-7-12(15)13(8-11)16-14(9-2-3-9)10-4-5-10/h6-10,14,16H,2-5,15H2,1H3. The molecule has 2 aliphatic rings. The van der Waals surface area contributed by atoms with Gasteiger partial charge >= 0.3 is 0 Å². The van der Waals surface area contributed by atoms with Crippen molar-refractivity contribution in [2.24, 2.45) is 11.8 Å². The Labute approximate surface area is 102 Å².